The number of aryl methyl sites for hydroxylation is 1. The van der Waals surface area contributed by atoms with Crippen molar-refractivity contribution in [2.45, 2.75) is 19.8 Å². The highest BCUT2D eigenvalue weighted by molar-refractivity contribution is 9.10. The van der Waals surface area contributed by atoms with Gasteiger partial charge in [-0.2, -0.15) is 0 Å². The molecule has 0 aliphatic rings. The van der Waals surface area contributed by atoms with Gasteiger partial charge in [-0.25, -0.2) is 14.4 Å². The lowest BCUT2D eigenvalue weighted by Crippen LogP contribution is -2.01. The molecule has 0 amide bonds. The number of nitrogens with zero attached hydrogens (tertiary/aromatic N) is 2. The molecule has 19 heavy (non-hydrogen) atoms. The second-order valence-electron chi connectivity index (χ2n) is 3.99. The van der Waals surface area contributed by atoms with Gasteiger partial charge in [-0.05, 0) is 40.5 Å². The molecule has 3 nitrogen and oxygen atoms in total. The Hall–Kier alpha value is -1.20. The van der Waals surface area contributed by atoms with Crippen LogP contribution in [-0.2, 0) is 6.42 Å². The van der Waals surface area contributed by atoms with Gasteiger partial charge in [0.15, 0.2) is 0 Å². The quantitative estimate of drug-likeness (QED) is 0.815. The van der Waals surface area contributed by atoms with Crippen molar-refractivity contribution in [3.05, 3.63) is 45.5 Å². The Balaban J connectivity index is 2.27. The van der Waals surface area contributed by atoms with E-state index in [1.54, 1.807) is 12.1 Å². The van der Waals surface area contributed by atoms with Crippen LogP contribution in [0.25, 0.3) is 0 Å². The Morgan fingerprint density at radius 2 is 2.11 bits per heavy atom. The Morgan fingerprint density at radius 1 is 1.32 bits per heavy atom. The fraction of sp³-hybridized carbons (Fsp3) is 0.231. The molecule has 0 saturated carbocycles. The molecule has 2 aromatic rings. The van der Waals surface area contributed by atoms with E-state index in [9.17, 15) is 4.39 Å². The lowest BCUT2D eigenvalue weighted by Gasteiger charge is -2.09. The van der Waals surface area contributed by atoms with E-state index >= 15 is 0 Å². The van der Waals surface area contributed by atoms with Crippen molar-refractivity contribution < 1.29 is 4.39 Å². The van der Waals surface area contributed by atoms with E-state index in [0.29, 0.717) is 21.1 Å². The average Bonchev–Trinajstić information content (AvgIpc) is 2.32. The van der Waals surface area contributed by atoms with Crippen LogP contribution in [0.1, 0.15) is 19.2 Å². The lowest BCUT2D eigenvalue weighted by molar-refractivity contribution is 0.628. The van der Waals surface area contributed by atoms with Gasteiger partial charge < -0.3 is 5.32 Å². The average molecular weight is 345 g/mol. The number of benzene rings is 1. The molecule has 2 rings (SSSR count). The van der Waals surface area contributed by atoms with Crippen LogP contribution in [0.15, 0.2) is 28.9 Å². The Kier molecular flexibility index (Phi) is 4.71. The summed E-state index contributed by atoms with van der Waals surface area (Å²) in [4.78, 5) is 8.65. The topological polar surface area (TPSA) is 37.8 Å². The van der Waals surface area contributed by atoms with E-state index in [4.69, 9.17) is 11.6 Å². The third kappa shape index (κ3) is 3.88. The second kappa shape index (κ2) is 6.30. The van der Waals surface area contributed by atoms with E-state index in [-0.39, 0.29) is 5.82 Å². The zero-order chi connectivity index (χ0) is 13.8. The number of hydrogen-bond acceptors (Lipinski definition) is 3. The number of nitrogens with one attached hydrogen (secondary N) is 1. The van der Waals surface area contributed by atoms with Gasteiger partial charge in [0.2, 0.25) is 0 Å². The molecule has 0 bridgehead atoms. The molecule has 0 unspecified atom stereocenters. The normalized spacial score (nSPS) is 10.5. The number of anilines is 2. The van der Waals surface area contributed by atoms with E-state index in [1.165, 1.54) is 12.1 Å². The largest absolute Gasteiger partial charge is 0.339 e. The molecule has 0 aliphatic carbocycles. The molecule has 0 radical (unpaired) electrons. The van der Waals surface area contributed by atoms with E-state index in [0.717, 1.165) is 18.7 Å². The number of halogens is 3. The van der Waals surface area contributed by atoms with Crippen molar-refractivity contribution in [3.63, 3.8) is 0 Å². The summed E-state index contributed by atoms with van der Waals surface area (Å²) in [7, 11) is 0. The minimum atomic E-state index is -0.369. The fourth-order valence-corrected chi connectivity index (χ4v) is 2.23. The second-order valence-corrected chi connectivity index (χ2v) is 5.21. The summed E-state index contributed by atoms with van der Waals surface area (Å²) in [5.41, 5.74) is 0.608. The van der Waals surface area contributed by atoms with Gasteiger partial charge in [-0.15, -0.1) is 0 Å². The maximum Gasteiger partial charge on any atom is 0.135 e. The zero-order valence-corrected chi connectivity index (χ0v) is 12.6. The molecule has 0 saturated heterocycles. The minimum Gasteiger partial charge on any atom is -0.339 e. The van der Waals surface area contributed by atoms with Crippen LogP contribution in [0, 0.1) is 5.82 Å². The van der Waals surface area contributed by atoms with Crippen LogP contribution in [0.4, 0.5) is 15.9 Å². The highest BCUT2D eigenvalue weighted by atomic mass is 79.9. The van der Waals surface area contributed by atoms with Crippen molar-refractivity contribution in [2.24, 2.45) is 0 Å². The SMILES string of the molecule is CCCc1nc(Br)cc(Nc2ccc(F)cc2Cl)n1. The third-order valence-electron chi connectivity index (χ3n) is 2.41. The first-order chi connectivity index (χ1) is 9.08. The monoisotopic (exact) mass is 343 g/mol. The van der Waals surface area contributed by atoms with Crippen LogP contribution in [0.2, 0.25) is 5.02 Å². The van der Waals surface area contributed by atoms with Gasteiger partial charge in [-0.3, -0.25) is 0 Å². The summed E-state index contributed by atoms with van der Waals surface area (Å²) in [6.45, 7) is 2.06. The summed E-state index contributed by atoms with van der Waals surface area (Å²) in [5.74, 6) is 1.00. The maximum atomic E-state index is 13.0. The molecule has 1 aromatic heterocycles. The first-order valence-corrected chi connectivity index (χ1v) is 7.01. The van der Waals surface area contributed by atoms with Crippen LogP contribution in [-0.4, -0.2) is 9.97 Å². The van der Waals surface area contributed by atoms with Crippen molar-refractivity contribution in [3.8, 4) is 0 Å². The lowest BCUT2D eigenvalue weighted by atomic mass is 10.3. The number of hydrogen-bond donors (Lipinski definition) is 1. The number of rotatable bonds is 4. The van der Waals surface area contributed by atoms with E-state index < -0.39 is 0 Å². The summed E-state index contributed by atoms with van der Waals surface area (Å²) in [5, 5.41) is 3.37. The van der Waals surface area contributed by atoms with Crippen molar-refractivity contribution in [1.29, 1.82) is 0 Å². The summed E-state index contributed by atoms with van der Waals surface area (Å²) in [6.07, 6.45) is 1.76. The van der Waals surface area contributed by atoms with Crippen LogP contribution in [0.5, 0.6) is 0 Å². The van der Waals surface area contributed by atoms with Crippen LogP contribution >= 0.6 is 27.5 Å². The van der Waals surface area contributed by atoms with Crippen LogP contribution in [0.3, 0.4) is 0 Å². The van der Waals surface area contributed by atoms with Gasteiger partial charge in [0.25, 0.3) is 0 Å². The highest BCUT2D eigenvalue weighted by Crippen LogP contribution is 2.26. The molecule has 0 atom stereocenters. The van der Waals surface area contributed by atoms with Gasteiger partial charge in [0.1, 0.15) is 22.1 Å². The molecular weight excluding hydrogens is 333 g/mol. The molecule has 0 aliphatic heterocycles. The minimum absolute atomic E-state index is 0.312. The molecular formula is C13H12BrClFN3. The van der Waals surface area contributed by atoms with E-state index in [1.807, 2.05) is 0 Å². The predicted octanol–water partition coefficient (Wildman–Crippen LogP) is 4.73. The summed E-state index contributed by atoms with van der Waals surface area (Å²) < 4.78 is 13.7. The van der Waals surface area contributed by atoms with Crippen molar-refractivity contribution in [1.82, 2.24) is 9.97 Å². The zero-order valence-electron chi connectivity index (χ0n) is 10.3. The third-order valence-corrected chi connectivity index (χ3v) is 3.13. The highest BCUT2D eigenvalue weighted by Gasteiger charge is 2.06. The predicted molar refractivity (Wildman–Crippen MR) is 78.4 cm³/mol. The summed E-state index contributed by atoms with van der Waals surface area (Å²) >= 11 is 9.30. The molecule has 6 heteroatoms. The Bertz CT molecular complexity index is 592. The van der Waals surface area contributed by atoms with Crippen molar-refractivity contribution >= 4 is 39.0 Å². The molecule has 100 valence electrons. The molecule has 0 spiro atoms. The molecule has 1 aromatic carbocycles. The smallest absolute Gasteiger partial charge is 0.135 e. The maximum absolute atomic E-state index is 13.0. The van der Waals surface area contributed by atoms with Gasteiger partial charge in [0, 0.05) is 12.5 Å². The fourth-order valence-electron chi connectivity index (χ4n) is 1.59. The Labute approximate surface area is 124 Å². The first kappa shape index (κ1) is 14.2. The molecule has 0 fully saturated rings. The van der Waals surface area contributed by atoms with Gasteiger partial charge >= 0.3 is 0 Å². The van der Waals surface area contributed by atoms with Gasteiger partial charge in [-0.1, -0.05) is 18.5 Å². The van der Waals surface area contributed by atoms with E-state index in [2.05, 4.69) is 38.1 Å². The summed E-state index contributed by atoms with van der Waals surface area (Å²) in [6, 6.07) is 5.93. The molecule has 1 heterocycles. The standard InChI is InChI=1S/C13H12BrClFN3/c1-2-3-12-18-11(14)7-13(19-12)17-10-5-4-8(16)6-9(10)15/h4-7H,2-3H2,1H3,(H,17,18,19). The van der Waals surface area contributed by atoms with Crippen molar-refractivity contribution in [2.75, 3.05) is 5.32 Å². The molecule has 1 N–H and O–H groups in total. The Morgan fingerprint density at radius 3 is 2.79 bits per heavy atom. The number of aromatic nitrogens is 2. The van der Waals surface area contributed by atoms with Gasteiger partial charge in [0.05, 0.1) is 10.7 Å². The van der Waals surface area contributed by atoms with Crippen LogP contribution < -0.4 is 5.32 Å². The first-order valence-electron chi connectivity index (χ1n) is 5.84.